The van der Waals surface area contributed by atoms with E-state index in [0.717, 1.165) is 114 Å². The molecule has 0 bridgehead atoms. The fourth-order valence-corrected chi connectivity index (χ4v) is 9.87. The van der Waals surface area contributed by atoms with E-state index in [4.69, 9.17) is 49.0 Å². The molecule has 0 spiro atoms. The van der Waals surface area contributed by atoms with Crippen molar-refractivity contribution >= 4 is 34.8 Å². The molecule has 5 heterocycles. The van der Waals surface area contributed by atoms with Gasteiger partial charge < -0.3 is 33.5 Å². The van der Waals surface area contributed by atoms with Gasteiger partial charge in [0.15, 0.2) is 0 Å². The molecule has 3 fully saturated rings. The van der Waals surface area contributed by atoms with Gasteiger partial charge in [-0.05, 0) is 213 Å². The molecule has 6 aromatic rings. The molecule has 0 amide bonds. The molecule has 2 aromatic heterocycles. The van der Waals surface area contributed by atoms with Crippen molar-refractivity contribution in [3.05, 3.63) is 175 Å². The fraction of sp³-hybridized carbons (Fsp3) is 0.469. The first-order chi connectivity index (χ1) is 38.8. The average molecular weight is 1220 g/mol. The van der Waals surface area contributed by atoms with Gasteiger partial charge in [0.1, 0.15) is 34.9 Å². The normalized spacial score (nSPS) is 17.1. The van der Waals surface area contributed by atoms with Crippen molar-refractivity contribution in [1.29, 1.82) is 0 Å². The summed E-state index contributed by atoms with van der Waals surface area (Å²) in [6.07, 6.45) is -0.00202. The maximum absolute atomic E-state index is 12.6. The molecular weight excluding hydrogens is 1140 g/mol. The van der Waals surface area contributed by atoms with Crippen molar-refractivity contribution in [2.24, 2.45) is 11.8 Å². The van der Waals surface area contributed by atoms with Gasteiger partial charge in [-0.2, -0.15) is 0 Å². The van der Waals surface area contributed by atoms with Crippen molar-refractivity contribution in [3.8, 4) is 23.0 Å². The summed E-state index contributed by atoms with van der Waals surface area (Å²) >= 11 is 18.2. The molecule has 83 heavy (non-hydrogen) atoms. The predicted octanol–water partition coefficient (Wildman–Crippen LogP) is 17.6. The summed E-state index contributed by atoms with van der Waals surface area (Å²) in [7, 11) is 4.27. The molecule has 3 aliphatic heterocycles. The summed E-state index contributed by atoms with van der Waals surface area (Å²) in [5.74, 6) is 1.58. The smallest absolute Gasteiger partial charge is 0.493 e. The minimum Gasteiger partial charge on any atom is -0.493 e. The highest BCUT2D eigenvalue weighted by Crippen LogP contribution is 2.29. The van der Waals surface area contributed by atoms with Crippen LogP contribution in [0.15, 0.2) is 103 Å². The summed E-state index contributed by atoms with van der Waals surface area (Å²) in [5.41, 5.74) is 9.57. The lowest BCUT2D eigenvalue weighted by Gasteiger charge is -2.23. The number of likely N-dealkylation sites (tertiary alicyclic amines) is 2. The van der Waals surface area contributed by atoms with Crippen LogP contribution < -0.4 is 18.9 Å². The van der Waals surface area contributed by atoms with Gasteiger partial charge in [-0.1, -0.05) is 67.7 Å². The third-order valence-corrected chi connectivity index (χ3v) is 13.9. The van der Waals surface area contributed by atoms with Crippen LogP contribution in [0.4, 0.5) is 30.7 Å². The van der Waals surface area contributed by atoms with Gasteiger partial charge in [-0.25, -0.2) is 4.39 Å². The lowest BCUT2D eigenvalue weighted by Crippen LogP contribution is -2.21. The molecule has 4 aromatic carbocycles. The predicted molar refractivity (Wildman–Crippen MR) is 319 cm³/mol. The van der Waals surface area contributed by atoms with Gasteiger partial charge >= 0.3 is 12.7 Å². The molecular formula is C64H80Cl3F7N4O5. The van der Waals surface area contributed by atoms with Gasteiger partial charge in [0, 0.05) is 95.2 Å². The topological polar surface area (TPSA) is 78.4 Å². The minimum absolute atomic E-state index is 0.174. The summed E-state index contributed by atoms with van der Waals surface area (Å²) in [6.45, 7) is 27.0. The second-order valence-electron chi connectivity index (χ2n) is 22.4. The SMILES string of the molecule is Cc1cc(Cl)c(C)c(CC2CCCOC2)c1.Cc1cc(Cl)cc(OC2CCN(C)C2)c1.Cc1cc(Cl)cc(OCC2CCN(C)C2)c1.Cc1cc(F)cc(OC(F)(F)F)c1.Cc1cc(OC(F)(F)F)ccn1.Cc1ccc(C(C)(C)C)nc1. The molecule has 9 rings (SSSR count). The van der Waals surface area contributed by atoms with Gasteiger partial charge in [0.05, 0.1) is 6.61 Å². The zero-order valence-electron chi connectivity index (χ0n) is 49.6. The second-order valence-corrected chi connectivity index (χ2v) is 23.7. The Morgan fingerprint density at radius 2 is 1.19 bits per heavy atom. The summed E-state index contributed by atoms with van der Waals surface area (Å²) in [4.78, 5) is 12.7. The number of alkyl halides is 6. The zero-order chi connectivity index (χ0) is 61.7. The number of halogens is 10. The summed E-state index contributed by atoms with van der Waals surface area (Å²) in [5, 5.41) is 2.39. The third-order valence-electron chi connectivity index (χ3n) is 13.0. The highest BCUT2D eigenvalue weighted by Gasteiger charge is 2.32. The van der Waals surface area contributed by atoms with E-state index in [1.54, 1.807) is 6.92 Å². The largest absolute Gasteiger partial charge is 0.573 e. The number of aryl methyl sites for hydroxylation is 6. The van der Waals surface area contributed by atoms with E-state index in [-0.39, 0.29) is 11.2 Å². The van der Waals surface area contributed by atoms with Gasteiger partial charge in [-0.3, -0.25) is 9.97 Å². The molecule has 3 saturated heterocycles. The van der Waals surface area contributed by atoms with E-state index in [1.165, 1.54) is 67.2 Å². The van der Waals surface area contributed by atoms with Crippen LogP contribution in [0.5, 0.6) is 23.0 Å². The molecule has 0 aliphatic carbocycles. The standard InChI is InChI=1S/C14H19ClO.C13H18ClNO.C12H16ClNO.C10H15N.C8H6F4O.C7H6F3NO/c1-10-6-13(11(2)14(15)7-10)8-12-4-3-5-16-9-12;1-10-5-12(14)7-13(6-10)16-9-11-3-4-15(2)8-11;1-9-5-10(13)7-12(6-9)15-11-3-4-14(2)8-11;1-8-5-6-9(11-7-8)10(2,3)4;1-5-2-6(9)4-7(3-5)13-8(10,11)12;1-5-4-6(2-3-11-5)12-7(8,9)10/h6-7,12H,3-5,8-9H2,1-2H3;5-7,11H,3-4,8-9H2,1-2H3;5-7,11H,3-4,8H2,1-2H3;5-7H,1-4H3;2-4H,1H3;2-4H,1H3. The van der Waals surface area contributed by atoms with Crippen LogP contribution in [-0.4, -0.2) is 98.7 Å². The maximum Gasteiger partial charge on any atom is 0.573 e. The Labute approximate surface area is 501 Å². The second kappa shape index (κ2) is 33.4. The van der Waals surface area contributed by atoms with E-state index < -0.39 is 24.3 Å². The third kappa shape index (κ3) is 28.9. The molecule has 9 nitrogen and oxygen atoms in total. The highest BCUT2D eigenvalue weighted by molar-refractivity contribution is 6.31. The van der Waals surface area contributed by atoms with Crippen LogP contribution in [-0.2, 0) is 16.6 Å². The molecule has 3 unspecified atom stereocenters. The highest BCUT2D eigenvalue weighted by atomic mass is 35.5. The fourth-order valence-electron chi connectivity index (χ4n) is 9.02. The summed E-state index contributed by atoms with van der Waals surface area (Å²) < 4.78 is 107. The molecule has 0 N–H and O–H groups in total. The number of hydrogen-bond acceptors (Lipinski definition) is 9. The van der Waals surface area contributed by atoms with E-state index in [1.807, 2.05) is 62.5 Å². The van der Waals surface area contributed by atoms with Crippen molar-refractivity contribution in [2.45, 2.75) is 126 Å². The van der Waals surface area contributed by atoms with Crippen LogP contribution in [0, 0.1) is 66.1 Å². The van der Waals surface area contributed by atoms with Crippen molar-refractivity contribution < 1.29 is 54.4 Å². The Morgan fingerprint density at radius 1 is 0.602 bits per heavy atom. The van der Waals surface area contributed by atoms with E-state index in [2.05, 4.69) is 103 Å². The monoisotopic (exact) mass is 1220 g/mol. The number of ether oxygens (including phenoxy) is 5. The molecule has 456 valence electrons. The number of likely N-dealkylation sites (N-methyl/N-ethyl adjacent to an activating group) is 1. The Hall–Kier alpha value is -5.36. The Balaban J connectivity index is 0.000000215. The minimum atomic E-state index is -4.78. The number of nitrogens with zero attached hydrogens (tertiary/aromatic N) is 4. The molecule has 0 saturated carbocycles. The lowest BCUT2D eigenvalue weighted by molar-refractivity contribution is -0.275. The van der Waals surface area contributed by atoms with Crippen LogP contribution >= 0.6 is 34.8 Å². The van der Waals surface area contributed by atoms with E-state index in [9.17, 15) is 30.7 Å². The van der Waals surface area contributed by atoms with Crippen LogP contribution in [0.2, 0.25) is 15.1 Å². The number of hydrogen-bond donors (Lipinski definition) is 0. The number of benzene rings is 4. The van der Waals surface area contributed by atoms with Crippen LogP contribution in [0.1, 0.15) is 96.8 Å². The summed E-state index contributed by atoms with van der Waals surface area (Å²) in [6, 6.07) is 25.5. The van der Waals surface area contributed by atoms with Gasteiger partial charge in [0.25, 0.3) is 0 Å². The van der Waals surface area contributed by atoms with Crippen LogP contribution in [0.25, 0.3) is 0 Å². The average Bonchev–Trinajstić information content (AvgIpc) is 4.02. The van der Waals surface area contributed by atoms with Gasteiger partial charge in [-0.15, -0.1) is 26.3 Å². The van der Waals surface area contributed by atoms with Crippen molar-refractivity contribution in [2.75, 3.05) is 60.1 Å². The number of pyridine rings is 2. The lowest BCUT2D eigenvalue weighted by atomic mass is 9.91. The molecule has 3 atom stereocenters. The number of rotatable bonds is 9. The first kappa shape index (κ1) is 70.1. The quantitative estimate of drug-likeness (QED) is 0.132. The van der Waals surface area contributed by atoms with Crippen LogP contribution in [0.3, 0.4) is 0 Å². The van der Waals surface area contributed by atoms with Gasteiger partial charge in [0.2, 0.25) is 0 Å². The van der Waals surface area contributed by atoms with Crippen molar-refractivity contribution in [3.63, 3.8) is 0 Å². The first-order valence-electron chi connectivity index (χ1n) is 27.5. The Bertz CT molecular complexity index is 2860. The zero-order valence-corrected chi connectivity index (χ0v) is 51.9. The van der Waals surface area contributed by atoms with Crippen molar-refractivity contribution in [1.82, 2.24) is 19.8 Å². The Kier molecular flexibility index (Phi) is 28.2. The molecule has 0 radical (unpaired) electrons. The van der Waals surface area contributed by atoms with E-state index >= 15 is 0 Å². The molecule has 19 heteroatoms. The molecule has 3 aliphatic rings. The first-order valence-corrected chi connectivity index (χ1v) is 28.6. The number of aromatic nitrogens is 2. The maximum atomic E-state index is 12.6. The Morgan fingerprint density at radius 3 is 1.72 bits per heavy atom. The van der Waals surface area contributed by atoms with E-state index in [0.29, 0.717) is 35.3 Å².